The van der Waals surface area contributed by atoms with Gasteiger partial charge < -0.3 is 29.2 Å². The van der Waals surface area contributed by atoms with Gasteiger partial charge >= 0.3 is 5.97 Å². The third kappa shape index (κ3) is 3.72. The summed E-state index contributed by atoms with van der Waals surface area (Å²) in [6.45, 7) is 12.1. The predicted octanol–water partition coefficient (Wildman–Crippen LogP) is 1.70. The van der Waals surface area contributed by atoms with Gasteiger partial charge in [0.15, 0.2) is 5.78 Å². The molecule has 0 radical (unpaired) electrons. The molecule has 41 heavy (non-hydrogen) atoms. The van der Waals surface area contributed by atoms with E-state index in [1.54, 1.807) is 13.0 Å². The fourth-order valence-corrected chi connectivity index (χ4v) is 8.46. The van der Waals surface area contributed by atoms with E-state index in [-0.39, 0.29) is 29.9 Å². The van der Waals surface area contributed by atoms with Crippen LogP contribution in [0.3, 0.4) is 0 Å². The number of ketones is 1. The zero-order valence-corrected chi connectivity index (χ0v) is 23.5. The number of quaternary nitrogens is 2. The van der Waals surface area contributed by atoms with E-state index < -0.39 is 24.0 Å². The van der Waals surface area contributed by atoms with Crippen LogP contribution in [-0.4, -0.2) is 111 Å². The molecule has 1 aliphatic carbocycles. The first-order valence-corrected chi connectivity index (χ1v) is 14.7. The van der Waals surface area contributed by atoms with Crippen LogP contribution in [-0.2, 0) is 16.1 Å². The number of β-lactam (4-membered cyclic amide) rings is 1. The Hall–Kier alpha value is -3.37. The van der Waals surface area contributed by atoms with Gasteiger partial charge in [-0.3, -0.25) is 9.59 Å². The number of hydrogen-bond acceptors (Lipinski definition) is 5. The standard InChI is InChI=1S/C32H36N3O6/c1-18-26(29(32(40)41)33-28(18)27(19(2)37)31(33)39)21-4-6-22-24-15-20(3-5-23(24)30(38)25(22)16-21)17-35-10-7-34(8-11-35,9-12-35)13-14-36/h3-6,15-16,18-19,27-28,36-37H,7-14,17H2,1-2H3/q+1/p+1/t18-,19+,27+,28+,34?,35?/m0/s1. The Morgan fingerprint density at radius 2 is 1.61 bits per heavy atom. The Kier molecular flexibility index (Phi) is 5.86. The number of carboxylic acid groups (broad SMARTS) is 1. The van der Waals surface area contributed by atoms with Crippen molar-refractivity contribution in [2.75, 3.05) is 52.4 Å². The first-order chi connectivity index (χ1) is 19.6. The van der Waals surface area contributed by atoms with E-state index in [1.165, 1.54) is 10.5 Å². The largest absolute Gasteiger partial charge is 0.477 e. The number of aliphatic hydroxyl groups excluding tert-OH is 2. The lowest BCUT2D eigenvalue weighted by Crippen LogP contribution is -2.74. The molecule has 0 aromatic heterocycles. The van der Waals surface area contributed by atoms with Gasteiger partial charge in [0.25, 0.3) is 0 Å². The van der Waals surface area contributed by atoms with Crippen molar-refractivity contribution in [3.8, 4) is 11.1 Å². The molecule has 1 amide bonds. The van der Waals surface area contributed by atoms with Gasteiger partial charge in [0.1, 0.15) is 58.1 Å². The molecule has 4 fully saturated rings. The molecule has 0 spiro atoms. The third-order valence-corrected chi connectivity index (χ3v) is 10.8. The number of carboxylic acids is 1. The number of piperazine rings is 3. The van der Waals surface area contributed by atoms with Crippen LogP contribution >= 0.6 is 0 Å². The second-order valence-corrected chi connectivity index (χ2v) is 12.9. The van der Waals surface area contributed by atoms with Gasteiger partial charge in [-0.05, 0) is 47.4 Å². The van der Waals surface area contributed by atoms with E-state index >= 15 is 0 Å². The summed E-state index contributed by atoms with van der Waals surface area (Å²) in [6.07, 6.45) is -0.867. The van der Waals surface area contributed by atoms with E-state index in [4.69, 9.17) is 0 Å². The lowest BCUT2D eigenvalue weighted by atomic mass is 9.76. The summed E-state index contributed by atoms with van der Waals surface area (Å²) < 4.78 is 2.09. The van der Waals surface area contributed by atoms with Crippen LogP contribution in [0.4, 0.5) is 0 Å². The van der Waals surface area contributed by atoms with E-state index in [1.807, 2.05) is 25.1 Å². The van der Waals surface area contributed by atoms with Crippen LogP contribution in [0.5, 0.6) is 0 Å². The maximum Gasteiger partial charge on any atom is 0.352 e. The monoisotopic (exact) mass is 559 g/mol. The Morgan fingerprint density at radius 3 is 2.24 bits per heavy atom. The van der Waals surface area contributed by atoms with Crippen molar-refractivity contribution < 1.29 is 38.7 Å². The first kappa shape index (κ1) is 26.5. The summed E-state index contributed by atoms with van der Waals surface area (Å²) in [5.74, 6) is -2.54. The van der Waals surface area contributed by atoms with Crippen molar-refractivity contribution in [2.45, 2.75) is 32.5 Å². The number of nitrogens with zero attached hydrogens (tertiary/aromatic N) is 3. The number of carbonyl (C=O) groups is 3. The van der Waals surface area contributed by atoms with Gasteiger partial charge in [-0.15, -0.1) is 0 Å². The Morgan fingerprint density at radius 1 is 0.951 bits per heavy atom. The molecule has 2 aromatic carbocycles. The lowest BCUT2D eigenvalue weighted by molar-refractivity contribution is -1.09. The van der Waals surface area contributed by atoms with E-state index in [0.29, 0.717) is 22.3 Å². The molecular weight excluding hydrogens is 522 g/mol. The average Bonchev–Trinajstić information content (AvgIpc) is 3.37. The number of amides is 1. The minimum atomic E-state index is -1.18. The minimum absolute atomic E-state index is 0.0479. The Bertz CT molecular complexity index is 1520. The third-order valence-electron chi connectivity index (χ3n) is 10.8. The van der Waals surface area contributed by atoms with Crippen LogP contribution in [0.15, 0.2) is 42.1 Å². The summed E-state index contributed by atoms with van der Waals surface area (Å²) in [5, 5.41) is 29.8. The molecule has 9 heteroatoms. The van der Waals surface area contributed by atoms with Crippen molar-refractivity contribution in [1.29, 1.82) is 0 Å². The lowest BCUT2D eigenvalue weighted by Gasteiger charge is -2.55. The summed E-state index contributed by atoms with van der Waals surface area (Å²) >= 11 is 0. The summed E-state index contributed by atoms with van der Waals surface area (Å²) in [7, 11) is 0. The topological polar surface area (TPSA) is 115 Å². The van der Waals surface area contributed by atoms with E-state index in [2.05, 4.69) is 12.1 Å². The van der Waals surface area contributed by atoms with Crippen LogP contribution < -0.4 is 0 Å². The molecule has 0 saturated carbocycles. The molecule has 8 rings (SSSR count). The highest BCUT2D eigenvalue weighted by Crippen LogP contribution is 2.51. The van der Waals surface area contributed by atoms with Crippen LogP contribution in [0.1, 0.15) is 40.9 Å². The van der Waals surface area contributed by atoms with Crippen LogP contribution in [0.25, 0.3) is 16.7 Å². The van der Waals surface area contributed by atoms with Gasteiger partial charge in [0, 0.05) is 22.6 Å². The molecular formula is C32H37N3O6+2. The van der Waals surface area contributed by atoms with Crippen molar-refractivity contribution in [3.63, 3.8) is 0 Å². The summed E-state index contributed by atoms with van der Waals surface area (Å²) in [5.41, 5.74) is 5.33. The highest BCUT2D eigenvalue weighted by atomic mass is 16.4. The molecule has 9 nitrogen and oxygen atoms in total. The molecule has 5 heterocycles. The van der Waals surface area contributed by atoms with Crippen molar-refractivity contribution in [2.24, 2.45) is 11.8 Å². The summed E-state index contributed by atoms with van der Waals surface area (Å²) in [4.78, 5) is 40.0. The summed E-state index contributed by atoms with van der Waals surface area (Å²) in [6, 6.07) is 11.3. The van der Waals surface area contributed by atoms with Crippen LogP contribution in [0, 0.1) is 11.8 Å². The second kappa shape index (κ2) is 9.06. The number of aliphatic hydroxyl groups is 2. The second-order valence-electron chi connectivity index (χ2n) is 12.9. The predicted molar refractivity (Wildman–Crippen MR) is 150 cm³/mol. The van der Waals surface area contributed by atoms with Crippen molar-refractivity contribution in [3.05, 3.63) is 64.3 Å². The normalized spacial score (nSPS) is 32.1. The Balaban J connectivity index is 1.19. The molecule has 6 aliphatic rings. The van der Waals surface area contributed by atoms with Crippen LogP contribution in [0.2, 0.25) is 0 Å². The van der Waals surface area contributed by atoms with Gasteiger partial charge in [0.05, 0.1) is 24.7 Å². The number of carbonyl (C=O) groups excluding carboxylic acids is 2. The quantitative estimate of drug-likeness (QED) is 0.300. The highest BCUT2D eigenvalue weighted by molar-refractivity contribution is 6.22. The van der Waals surface area contributed by atoms with Crippen molar-refractivity contribution in [1.82, 2.24) is 4.90 Å². The average molecular weight is 560 g/mol. The number of rotatable bonds is 7. The van der Waals surface area contributed by atoms with Gasteiger partial charge in [-0.2, -0.15) is 0 Å². The highest BCUT2D eigenvalue weighted by Gasteiger charge is 2.60. The molecule has 3 N–H and O–H groups in total. The molecule has 2 aromatic rings. The SMILES string of the molecule is C[C@@H](O)[C@H]1C(=O)N2C(C(=O)O)=C(c3ccc4c(c3)C(=O)c3ccc(C[N+]56CC[N+](CCO)(CC5)CC6)cc3-4)[C@H](C)[C@H]12. The van der Waals surface area contributed by atoms with E-state index in [0.717, 1.165) is 72.5 Å². The smallest absolute Gasteiger partial charge is 0.352 e. The molecule has 4 atom stereocenters. The fourth-order valence-electron chi connectivity index (χ4n) is 8.46. The number of benzene rings is 2. The minimum Gasteiger partial charge on any atom is -0.477 e. The molecule has 0 unspecified atom stereocenters. The van der Waals surface area contributed by atoms with Gasteiger partial charge in [-0.1, -0.05) is 25.1 Å². The number of fused-ring (bicyclic) bond motifs is 7. The van der Waals surface area contributed by atoms with Gasteiger partial charge in [0.2, 0.25) is 5.91 Å². The Labute approximate surface area is 239 Å². The maximum atomic E-state index is 13.6. The number of aliphatic carboxylic acids is 1. The number of hydrogen-bond donors (Lipinski definition) is 3. The maximum absolute atomic E-state index is 13.6. The van der Waals surface area contributed by atoms with Crippen molar-refractivity contribution >= 4 is 23.2 Å². The first-order valence-electron chi connectivity index (χ1n) is 14.7. The zero-order chi connectivity index (χ0) is 28.8. The molecule has 214 valence electrons. The molecule has 2 bridgehead atoms. The fraction of sp³-hybridized carbons (Fsp3) is 0.469. The molecule has 4 saturated heterocycles. The molecule has 5 aliphatic heterocycles. The zero-order valence-electron chi connectivity index (χ0n) is 23.5. The van der Waals surface area contributed by atoms with Gasteiger partial charge in [-0.25, -0.2) is 4.79 Å². The van der Waals surface area contributed by atoms with E-state index in [9.17, 15) is 29.7 Å².